The van der Waals surface area contributed by atoms with Gasteiger partial charge < -0.3 is 14.6 Å². The van der Waals surface area contributed by atoms with Crippen LogP contribution in [0, 0.1) is 0 Å². The summed E-state index contributed by atoms with van der Waals surface area (Å²) in [6.07, 6.45) is 2.06. The summed E-state index contributed by atoms with van der Waals surface area (Å²) in [5, 5.41) is 8.59. The second kappa shape index (κ2) is 7.87. The molecule has 5 nitrogen and oxygen atoms in total. The van der Waals surface area contributed by atoms with E-state index in [0.29, 0.717) is 5.75 Å². The Labute approximate surface area is 119 Å². The maximum absolute atomic E-state index is 10.5. The highest BCUT2D eigenvalue weighted by Gasteiger charge is 2.09. The molecule has 0 aliphatic carbocycles. The van der Waals surface area contributed by atoms with Crippen LogP contribution in [0.1, 0.15) is 12.0 Å². The molecule has 1 aliphatic heterocycles. The highest BCUT2D eigenvalue weighted by Crippen LogP contribution is 2.15. The highest BCUT2D eigenvalue weighted by atomic mass is 16.5. The zero-order chi connectivity index (χ0) is 14.2. The zero-order valence-corrected chi connectivity index (χ0v) is 11.6. The van der Waals surface area contributed by atoms with Gasteiger partial charge in [0.1, 0.15) is 5.75 Å². The number of morpholine rings is 1. The SMILES string of the molecule is O=C(O)COc1cccc(CCCN2CCOCC2)c1. The third-order valence-corrected chi connectivity index (χ3v) is 3.30. The Morgan fingerprint density at radius 3 is 2.90 bits per heavy atom. The first-order valence-corrected chi connectivity index (χ1v) is 6.98. The van der Waals surface area contributed by atoms with E-state index in [2.05, 4.69) is 4.90 Å². The Balaban J connectivity index is 1.74. The first-order chi connectivity index (χ1) is 9.74. The average Bonchev–Trinajstić information content (AvgIpc) is 2.47. The fraction of sp³-hybridized carbons (Fsp3) is 0.533. The van der Waals surface area contributed by atoms with Crippen molar-refractivity contribution in [2.45, 2.75) is 12.8 Å². The minimum absolute atomic E-state index is 0.294. The molecule has 1 heterocycles. The lowest BCUT2D eigenvalue weighted by Crippen LogP contribution is -2.36. The van der Waals surface area contributed by atoms with Gasteiger partial charge in [0, 0.05) is 13.1 Å². The molecule has 1 saturated heterocycles. The molecule has 0 spiro atoms. The van der Waals surface area contributed by atoms with Crippen molar-refractivity contribution in [2.75, 3.05) is 39.5 Å². The summed E-state index contributed by atoms with van der Waals surface area (Å²) < 4.78 is 10.5. The minimum atomic E-state index is -0.956. The molecule has 0 amide bonds. The molecule has 0 unspecified atom stereocenters. The summed E-state index contributed by atoms with van der Waals surface area (Å²) in [7, 11) is 0. The monoisotopic (exact) mass is 279 g/mol. The number of aliphatic carboxylic acids is 1. The molecular formula is C15H21NO4. The molecule has 0 bridgehead atoms. The number of rotatable bonds is 7. The quantitative estimate of drug-likeness (QED) is 0.818. The molecule has 0 saturated carbocycles. The molecule has 1 aromatic carbocycles. The number of aryl methyl sites for hydroxylation is 1. The summed E-state index contributed by atoms with van der Waals surface area (Å²) in [6.45, 7) is 4.47. The number of hydrogen-bond acceptors (Lipinski definition) is 4. The van der Waals surface area contributed by atoms with Gasteiger partial charge in [0.25, 0.3) is 0 Å². The van der Waals surface area contributed by atoms with Crippen molar-refractivity contribution < 1.29 is 19.4 Å². The molecule has 0 radical (unpaired) electrons. The van der Waals surface area contributed by atoms with E-state index in [1.165, 1.54) is 5.56 Å². The average molecular weight is 279 g/mol. The number of carbonyl (C=O) groups is 1. The maximum Gasteiger partial charge on any atom is 0.341 e. The molecule has 5 heteroatoms. The van der Waals surface area contributed by atoms with Crippen molar-refractivity contribution in [2.24, 2.45) is 0 Å². The fourth-order valence-corrected chi connectivity index (χ4v) is 2.27. The van der Waals surface area contributed by atoms with E-state index < -0.39 is 5.97 Å². The first-order valence-electron chi connectivity index (χ1n) is 6.98. The van der Waals surface area contributed by atoms with Crippen LogP contribution in [0.4, 0.5) is 0 Å². The number of benzene rings is 1. The van der Waals surface area contributed by atoms with Gasteiger partial charge in [-0.15, -0.1) is 0 Å². The van der Waals surface area contributed by atoms with Crippen molar-refractivity contribution in [3.8, 4) is 5.75 Å². The van der Waals surface area contributed by atoms with E-state index in [9.17, 15) is 4.79 Å². The van der Waals surface area contributed by atoms with Crippen LogP contribution in [-0.4, -0.2) is 55.4 Å². The molecule has 0 atom stereocenters. The smallest absolute Gasteiger partial charge is 0.341 e. The van der Waals surface area contributed by atoms with Gasteiger partial charge in [-0.3, -0.25) is 4.90 Å². The third kappa shape index (κ3) is 5.19. The van der Waals surface area contributed by atoms with Crippen molar-refractivity contribution in [1.29, 1.82) is 0 Å². The second-order valence-electron chi connectivity index (χ2n) is 4.89. The zero-order valence-electron chi connectivity index (χ0n) is 11.6. The van der Waals surface area contributed by atoms with E-state index in [-0.39, 0.29) is 6.61 Å². The summed E-state index contributed by atoms with van der Waals surface area (Å²) >= 11 is 0. The van der Waals surface area contributed by atoms with Gasteiger partial charge in [-0.25, -0.2) is 4.79 Å². The predicted octanol–water partition coefficient (Wildman–Crippen LogP) is 1.41. The van der Waals surface area contributed by atoms with E-state index in [4.69, 9.17) is 14.6 Å². The standard InChI is InChI=1S/C15H21NO4/c17-15(18)12-20-14-5-1-3-13(11-14)4-2-6-16-7-9-19-10-8-16/h1,3,5,11H,2,4,6-10,12H2,(H,17,18). The Morgan fingerprint density at radius 2 is 2.15 bits per heavy atom. The largest absolute Gasteiger partial charge is 0.482 e. The van der Waals surface area contributed by atoms with Crippen molar-refractivity contribution >= 4 is 5.97 Å². The first kappa shape index (κ1) is 14.8. The molecule has 20 heavy (non-hydrogen) atoms. The molecule has 1 N–H and O–H groups in total. The van der Waals surface area contributed by atoms with Crippen LogP contribution in [-0.2, 0) is 16.0 Å². The van der Waals surface area contributed by atoms with Crippen LogP contribution >= 0.6 is 0 Å². The van der Waals surface area contributed by atoms with Gasteiger partial charge in [0.2, 0.25) is 0 Å². The molecule has 1 fully saturated rings. The maximum atomic E-state index is 10.5. The third-order valence-electron chi connectivity index (χ3n) is 3.30. The Bertz CT molecular complexity index is 430. The Hall–Kier alpha value is -1.59. The van der Waals surface area contributed by atoms with Gasteiger partial charge in [0.05, 0.1) is 13.2 Å². The number of nitrogens with zero attached hydrogens (tertiary/aromatic N) is 1. The lowest BCUT2D eigenvalue weighted by molar-refractivity contribution is -0.139. The number of ether oxygens (including phenoxy) is 2. The van der Waals surface area contributed by atoms with Crippen molar-refractivity contribution in [1.82, 2.24) is 4.90 Å². The Morgan fingerprint density at radius 1 is 1.35 bits per heavy atom. The molecule has 1 aliphatic rings. The van der Waals surface area contributed by atoms with Crippen LogP contribution in [0.3, 0.4) is 0 Å². The van der Waals surface area contributed by atoms with Crippen molar-refractivity contribution in [3.63, 3.8) is 0 Å². The fourth-order valence-electron chi connectivity index (χ4n) is 2.27. The lowest BCUT2D eigenvalue weighted by Gasteiger charge is -2.26. The summed E-state index contributed by atoms with van der Waals surface area (Å²) in [5.74, 6) is -0.334. The number of carboxylic acids is 1. The summed E-state index contributed by atoms with van der Waals surface area (Å²) in [5.41, 5.74) is 1.18. The summed E-state index contributed by atoms with van der Waals surface area (Å²) in [6, 6.07) is 7.66. The van der Waals surface area contributed by atoms with Crippen molar-refractivity contribution in [3.05, 3.63) is 29.8 Å². The molecule has 0 aromatic heterocycles. The second-order valence-corrected chi connectivity index (χ2v) is 4.89. The van der Waals surface area contributed by atoms with E-state index in [0.717, 1.165) is 45.7 Å². The van der Waals surface area contributed by atoms with E-state index in [1.807, 2.05) is 18.2 Å². The van der Waals surface area contributed by atoms with Gasteiger partial charge in [-0.05, 0) is 37.1 Å². The molecule has 1 aromatic rings. The normalized spacial score (nSPS) is 16.0. The van der Waals surface area contributed by atoms with Crippen LogP contribution < -0.4 is 4.74 Å². The van der Waals surface area contributed by atoms with Gasteiger partial charge >= 0.3 is 5.97 Å². The van der Waals surface area contributed by atoms with Crippen LogP contribution in [0.5, 0.6) is 5.75 Å². The van der Waals surface area contributed by atoms with Gasteiger partial charge in [-0.2, -0.15) is 0 Å². The minimum Gasteiger partial charge on any atom is -0.482 e. The van der Waals surface area contributed by atoms with Gasteiger partial charge in [0.15, 0.2) is 6.61 Å². The van der Waals surface area contributed by atoms with Crippen LogP contribution in [0.15, 0.2) is 24.3 Å². The predicted molar refractivity (Wildman–Crippen MR) is 75.2 cm³/mol. The topological polar surface area (TPSA) is 59.0 Å². The number of hydrogen-bond donors (Lipinski definition) is 1. The van der Waals surface area contributed by atoms with E-state index in [1.54, 1.807) is 6.07 Å². The highest BCUT2D eigenvalue weighted by molar-refractivity contribution is 5.68. The van der Waals surface area contributed by atoms with Gasteiger partial charge in [-0.1, -0.05) is 12.1 Å². The molecule has 110 valence electrons. The molecular weight excluding hydrogens is 258 g/mol. The number of carboxylic acid groups (broad SMARTS) is 1. The summed E-state index contributed by atoms with van der Waals surface area (Å²) in [4.78, 5) is 12.9. The van der Waals surface area contributed by atoms with Crippen LogP contribution in [0.25, 0.3) is 0 Å². The van der Waals surface area contributed by atoms with E-state index >= 15 is 0 Å². The lowest BCUT2D eigenvalue weighted by atomic mass is 10.1. The Kier molecular flexibility index (Phi) is 5.83. The van der Waals surface area contributed by atoms with Crippen LogP contribution in [0.2, 0.25) is 0 Å². The molecule has 2 rings (SSSR count).